The van der Waals surface area contributed by atoms with E-state index in [-0.39, 0.29) is 16.6 Å². The third kappa shape index (κ3) is 3.29. The highest BCUT2D eigenvalue weighted by molar-refractivity contribution is 7.98. The minimum absolute atomic E-state index is 0.0858. The quantitative estimate of drug-likeness (QED) is 0.642. The molecule has 0 saturated heterocycles. The molecule has 1 aliphatic heterocycles. The molecule has 2 aromatic rings. The van der Waals surface area contributed by atoms with Crippen LogP contribution in [-0.4, -0.2) is 34.1 Å². The van der Waals surface area contributed by atoms with Crippen molar-refractivity contribution in [2.45, 2.75) is 18.2 Å². The fraction of sp³-hybridized carbons (Fsp3) is 0.200. The van der Waals surface area contributed by atoms with Crippen molar-refractivity contribution in [2.24, 2.45) is 0 Å². The molecular weight excluding hydrogens is 352 g/mol. The molecule has 2 heterocycles. The normalized spacial score (nSPS) is 16.0. The highest BCUT2D eigenvalue weighted by Crippen LogP contribution is 2.32. The topological polar surface area (TPSA) is 93.2 Å². The van der Waals surface area contributed by atoms with E-state index in [0.717, 1.165) is 0 Å². The van der Waals surface area contributed by atoms with Crippen LogP contribution in [0.25, 0.3) is 0 Å². The summed E-state index contributed by atoms with van der Waals surface area (Å²) >= 11 is 7.30. The van der Waals surface area contributed by atoms with E-state index in [1.807, 2.05) is 0 Å². The van der Waals surface area contributed by atoms with Gasteiger partial charge in [-0.2, -0.15) is 0 Å². The fourth-order valence-corrected chi connectivity index (χ4v) is 2.60. The molecule has 0 fully saturated rings. The molecular formula is C15H13ClN4O3S. The number of hydrogen-bond donors (Lipinski definition) is 2. The standard InChI is InChI=1S/C15H13ClN4O3S/c1-7-13(21)19-10-5-8(3-4-11(10)23-7)18-14(22)12-9(16)6-17-15(20-12)24-2/h3-7H,1-2H3,(H,18,22)(H,19,21)/t7-/m0/s1. The predicted octanol–water partition coefficient (Wildman–Crippen LogP) is 2.82. The van der Waals surface area contributed by atoms with Crippen LogP contribution < -0.4 is 15.4 Å². The van der Waals surface area contributed by atoms with Crippen LogP contribution >= 0.6 is 23.4 Å². The number of nitrogens with one attached hydrogen (secondary N) is 2. The van der Waals surface area contributed by atoms with Gasteiger partial charge in [-0.25, -0.2) is 9.97 Å². The number of rotatable bonds is 3. The number of anilines is 2. The van der Waals surface area contributed by atoms with Gasteiger partial charge in [0.05, 0.1) is 16.9 Å². The van der Waals surface area contributed by atoms with Crippen molar-refractivity contribution >= 4 is 46.6 Å². The summed E-state index contributed by atoms with van der Waals surface area (Å²) in [5.41, 5.74) is 1.06. The van der Waals surface area contributed by atoms with E-state index in [1.165, 1.54) is 18.0 Å². The molecule has 0 radical (unpaired) electrons. The number of ether oxygens (including phenoxy) is 1. The summed E-state index contributed by atoms with van der Waals surface area (Å²) in [4.78, 5) is 32.1. The first kappa shape index (κ1) is 16.5. The Morgan fingerprint density at radius 2 is 2.25 bits per heavy atom. The van der Waals surface area contributed by atoms with Gasteiger partial charge in [-0.3, -0.25) is 9.59 Å². The molecule has 2 amide bonds. The fourth-order valence-electron chi connectivity index (χ4n) is 2.09. The lowest BCUT2D eigenvalue weighted by molar-refractivity contribution is -0.122. The van der Waals surface area contributed by atoms with Crippen LogP contribution in [0.15, 0.2) is 29.6 Å². The molecule has 1 aromatic carbocycles. The Morgan fingerprint density at radius 1 is 1.46 bits per heavy atom. The van der Waals surface area contributed by atoms with Crippen molar-refractivity contribution in [2.75, 3.05) is 16.9 Å². The minimum atomic E-state index is -0.553. The monoisotopic (exact) mass is 364 g/mol. The average molecular weight is 365 g/mol. The van der Waals surface area contributed by atoms with Crippen molar-refractivity contribution in [3.63, 3.8) is 0 Å². The van der Waals surface area contributed by atoms with Gasteiger partial charge in [0.2, 0.25) is 0 Å². The van der Waals surface area contributed by atoms with Crippen molar-refractivity contribution in [3.8, 4) is 5.75 Å². The maximum atomic E-state index is 12.4. The van der Waals surface area contributed by atoms with Gasteiger partial charge in [0, 0.05) is 5.69 Å². The van der Waals surface area contributed by atoms with Crippen LogP contribution in [0, 0.1) is 0 Å². The molecule has 3 rings (SSSR count). The Bertz CT molecular complexity index is 830. The number of aromatic nitrogens is 2. The summed E-state index contributed by atoms with van der Waals surface area (Å²) in [6.07, 6.45) is 2.64. The second-order valence-electron chi connectivity index (χ2n) is 4.97. The molecule has 2 N–H and O–H groups in total. The number of halogens is 1. The molecule has 0 aliphatic carbocycles. The van der Waals surface area contributed by atoms with Gasteiger partial charge < -0.3 is 15.4 Å². The smallest absolute Gasteiger partial charge is 0.275 e. The molecule has 0 saturated carbocycles. The van der Waals surface area contributed by atoms with Crippen LogP contribution in [0.3, 0.4) is 0 Å². The first-order valence-electron chi connectivity index (χ1n) is 6.97. The maximum absolute atomic E-state index is 12.4. The number of carbonyl (C=O) groups is 2. The van der Waals surface area contributed by atoms with Gasteiger partial charge in [0.25, 0.3) is 11.8 Å². The van der Waals surface area contributed by atoms with Crippen molar-refractivity contribution in [3.05, 3.63) is 35.1 Å². The predicted molar refractivity (Wildman–Crippen MR) is 91.9 cm³/mol. The second-order valence-corrected chi connectivity index (χ2v) is 6.15. The van der Waals surface area contributed by atoms with Crippen molar-refractivity contribution in [1.29, 1.82) is 0 Å². The summed E-state index contributed by atoms with van der Waals surface area (Å²) in [6, 6.07) is 4.96. The lowest BCUT2D eigenvalue weighted by Crippen LogP contribution is -2.34. The number of amides is 2. The number of fused-ring (bicyclic) bond motifs is 1. The number of benzene rings is 1. The summed E-state index contributed by atoms with van der Waals surface area (Å²) in [6.45, 7) is 1.66. The summed E-state index contributed by atoms with van der Waals surface area (Å²) in [7, 11) is 0. The number of hydrogen-bond acceptors (Lipinski definition) is 6. The van der Waals surface area contributed by atoms with Gasteiger partial charge in [0.15, 0.2) is 17.0 Å². The molecule has 24 heavy (non-hydrogen) atoms. The van der Waals surface area contributed by atoms with E-state index in [9.17, 15) is 9.59 Å². The Balaban J connectivity index is 1.83. The van der Waals surface area contributed by atoms with E-state index < -0.39 is 12.0 Å². The third-order valence-electron chi connectivity index (χ3n) is 3.29. The second kappa shape index (κ2) is 6.66. The molecule has 0 spiro atoms. The highest BCUT2D eigenvalue weighted by Gasteiger charge is 2.24. The largest absolute Gasteiger partial charge is 0.479 e. The summed E-state index contributed by atoms with van der Waals surface area (Å²) in [5, 5.41) is 6.03. The Morgan fingerprint density at radius 3 is 3.00 bits per heavy atom. The minimum Gasteiger partial charge on any atom is -0.479 e. The first-order chi connectivity index (χ1) is 11.5. The van der Waals surface area contributed by atoms with E-state index in [1.54, 1.807) is 31.4 Å². The maximum Gasteiger partial charge on any atom is 0.275 e. The SMILES string of the molecule is CSc1ncc(Cl)c(C(=O)Nc2ccc3c(c2)NC(=O)[C@H](C)O3)n1. The molecule has 1 aliphatic rings. The number of carbonyl (C=O) groups excluding carboxylic acids is 2. The van der Waals surface area contributed by atoms with Crippen molar-refractivity contribution < 1.29 is 14.3 Å². The lowest BCUT2D eigenvalue weighted by atomic mass is 10.2. The van der Waals surface area contributed by atoms with E-state index in [0.29, 0.717) is 22.3 Å². The number of thioether (sulfide) groups is 1. The molecule has 124 valence electrons. The van der Waals surface area contributed by atoms with Crippen LogP contribution in [0.5, 0.6) is 5.75 Å². The van der Waals surface area contributed by atoms with Gasteiger partial charge in [0.1, 0.15) is 5.75 Å². The van der Waals surface area contributed by atoms with Crippen LogP contribution in [-0.2, 0) is 4.79 Å². The first-order valence-corrected chi connectivity index (χ1v) is 8.57. The van der Waals surface area contributed by atoms with Gasteiger partial charge in [-0.1, -0.05) is 23.4 Å². The zero-order valence-electron chi connectivity index (χ0n) is 12.8. The summed E-state index contributed by atoms with van der Waals surface area (Å²) in [5.74, 6) is -0.159. The Kier molecular flexibility index (Phi) is 4.59. The average Bonchev–Trinajstić information content (AvgIpc) is 2.56. The van der Waals surface area contributed by atoms with Crippen LogP contribution in [0.4, 0.5) is 11.4 Å². The molecule has 7 nitrogen and oxygen atoms in total. The molecule has 1 aromatic heterocycles. The highest BCUT2D eigenvalue weighted by atomic mass is 35.5. The third-order valence-corrected chi connectivity index (χ3v) is 4.13. The van der Waals surface area contributed by atoms with Crippen LogP contribution in [0.1, 0.15) is 17.4 Å². The lowest BCUT2D eigenvalue weighted by Gasteiger charge is -2.23. The van der Waals surface area contributed by atoms with Gasteiger partial charge >= 0.3 is 0 Å². The van der Waals surface area contributed by atoms with E-state index in [2.05, 4.69) is 20.6 Å². The van der Waals surface area contributed by atoms with Crippen LogP contribution in [0.2, 0.25) is 5.02 Å². The molecule has 0 unspecified atom stereocenters. The molecule has 1 atom stereocenters. The van der Waals surface area contributed by atoms with Gasteiger partial charge in [-0.05, 0) is 31.4 Å². The summed E-state index contributed by atoms with van der Waals surface area (Å²) < 4.78 is 5.47. The Hall–Kier alpha value is -2.32. The zero-order chi connectivity index (χ0) is 17.3. The molecule has 9 heteroatoms. The van der Waals surface area contributed by atoms with E-state index >= 15 is 0 Å². The number of nitrogens with zero attached hydrogens (tertiary/aromatic N) is 2. The zero-order valence-corrected chi connectivity index (χ0v) is 14.4. The van der Waals surface area contributed by atoms with Gasteiger partial charge in [-0.15, -0.1) is 0 Å². The molecule has 0 bridgehead atoms. The van der Waals surface area contributed by atoms with E-state index in [4.69, 9.17) is 16.3 Å². The van der Waals surface area contributed by atoms with Crippen molar-refractivity contribution in [1.82, 2.24) is 9.97 Å². The Labute approximate surface area is 147 Å².